The van der Waals surface area contributed by atoms with Crippen molar-refractivity contribution < 1.29 is 4.79 Å². The molecule has 0 unspecified atom stereocenters. The minimum absolute atomic E-state index is 0.214. The van der Waals surface area contributed by atoms with E-state index in [0.717, 1.165) is 61.5 Å². The highest BCUT2D eigenvalue weighted by Crippen LogP contribution is 2.22. The molecule has 1 saturated heterocycles. The van der Waals surface area contributed by atoms with Gasteiger partial charge in [0.1, 0.15) is 0 Å². The van der Waals surface area contributed by atoms with Crippen LogP contribution in [0.4, 0.5) is 0 Å². The maximum absolute atomic E-state index is 13.1. The van der Waals surface area contributed by atoms with Crippen molar-refractivity contribution >= 4 is 17.5 Å². The summed E-state index contributed by atoms with van der Waals surface area (Å²) in [7, 11) is 0. The first-order valence-corrected chi connectivity index (χ1v) is 10.2. The quantitative estimate of drug-likeness (QED) is 0.821. The molecule has 0 aliphatic carbocycles. The van der Waals surface area contributed by atoms with Crippen molar-refractivity contribution in [2.45, 2.75) is 52.5 Å². The molecule has 146 valence electrons. The van der Waals surface area contributed by atoms with E-state index in [1.165, 1.54) is 0 Å². The number of halogens is 1. The fourth-order valence-corrected chi connectivity index (χ4v) is 4.01. The molecular weight excluding hydrogens is 360 g/mol. The van der Waals surface area contributed by atoms with Gasteiger partial charge in [0.15, 0.2) is 0 Å². The van der Waals surface area contributed by atoms with Gasteiger partial charge in [-0.25, -0.2) is 4.68 Å². The van der Waals surface area contributed by atoms with Gasteiger partial charge >= 0.3 is 0 Å². The van der Waals surface area contributed by atoms with Crippen molar-refractivity contribution in [2.24, 2.45) is 0 Å². The van der Waals surface area contributed by atoms with Gasteiger partial charge in [-0.1, -0.05) is 18.5 Å². The van der Waals surface area contributed by atoms with Gasteiger partial charge in [0, 0.05) is 28.9 Å². The lowest BCUT2D eigenvalue weighted by molar-refractivity contribution is -0.133. The van der Waals surface area contributed by atoms with Gasteiger partial charge in [-0.15, -0.1) is 0 Å². The van der Waals surface area contributed by atoms with Gasteiger partial charge in [0.05, 0.1) is 17.8 Å². The van der Waals surface area contributed by atoms with Crippen molar-refractivity contribution in [3.63, 3.8) is 0 Å². The van der Waals surface area contributed by atoms with Crippen LogP contribution in [0.25, 0.3) is 5.69 Å². The van der Waals surface area contributed by atoms with Crippen LogP contribution in [0.1, 0.15) is 43.1 Å². The molecule has 27 heavy (non-hydrogen) atoms. The summed E-state index contributed by atoms with van der Waals surface area (Å²) in [4.78, 5) is 15.2. The van der Waals surface area contributed by atoms with Crippen LogP contribution >= 0.6 is 11.6 Å². The number of aromatic nitrogens is 2. The van der Waals surface area contributed by atoms with E-state index in [9.17, 15) is 4.79 Å². The Hall–Kier alpha value is -1.85. The molecule has 0 bridgehead atoms. The minimum Gasteiger partial charge on any atom is -0.339 e. The zero-order valence-electron chi connectivity index (χ0n) is 16.5. The van der Waals surface area contributed by atoms with Crippen LogP contribution in [0.2, 0.25) is 5.02 Å². The lowest BCUT2D eigenvalue weighted by atomic mass is 10.0. The van der Waals surface area contributed by atoms with Crippen molar-refractivity contribution in [1.82, 2.24) is 20.0 Å². The van der Waals surface area contributed by atoms with E-state index >= 15 is 0 Å². The van der Waals surface area contributed by atoms with Gasteiger partial charge in [0.2, 0.25) is 5.91 Å². The van der Waals surface area contributed by atoms with E-state index in [0.29, 0.717) is 17.5 Å². The van der Waals surface area contributed by atoms with Crippen LogP contribution in [0, 0.1) is 13.8 Å². The second-order valence-electron chi connectivity index (χ2n) is 7.28. The normalized spacial score (nSPS) is 15.1. The lowest BCUT2D eigenvalue weighted by Gasteiger charge is -2.34. The number of benzene rings is 1. The van der Waals surface area contributed by atoms with E-state index < -0.39 is 0 Å². The summed E-state index contributed by atoms with van der Waals surface area (Å²) >= 11 is 6.00. The van der Waals surface area contributed by atoms with Gasteiger partial charge in [-0.3, -0.25) is 4.79 Å². The zero-order valence-corrected chi connectivity index (χ0v) is 17.2. The first-order valence-electron chi connectivity index (χ1n) is 9.82. The molecule has 2 aromatic rings. The number of amides is 1. The molecule has 3 rings (SSSR count). The molecule has 1 fully saturated rings. The van der Waals surface area contributed by atoms with E-state index in [2.05, 4.69) is 22.2 Å². The largest absolute Gasteiger partial charge is 0.339 e. The highest BCUT2D eigenvalue weighted by atomic mass is 35.5. The van der Waals surface area contributed by atoms with E-state index in [-0.39, 0.29) is 5.91 Å². The van der Waals surface area contributed by atoms with E-state index in [1.54, 1.807) is 0 Å². The second-order valence-corrected chi connectivity index (χ2v) is 7.72. The SMILES string of the molecule is CCCN(C(=O)Cc1c(C)nn(-c2ccc(Cl)cc2)c1C)C1CCNCC1. The molecule has 1 aliphatic rings. The minimum atomic E-state index is 0.214. The summed E-state index contributed by atoms with van der Waals surface area (Å²) in [5.74, 6) is 0.214. The Morgan fingerprint density at radius 3 is 2.56 bits per heavy atom. The first kappa shape index (κ1) is 19.9. The first-order chi connectivity index (χ1) is 13.0. The summed E-state index contributed by atoms with van der Waals surface area (Å²) in [5, 5.41) is 8.76. The highest BCUT2D eigenvalue weighted by molar-refractivity contribution is 6.30. The zero-order chi connectivity index (χ0) is 19.4. The Morgan fingerprint density at radius 1 is 1.26 bits per heavy atom. The molecule has 1 aromatic carbocycles. The van der Waals surface area contributed by atoms with Crippen LogP contribution < -0.4 is 5.32 Å². The maximum Gasteiger partial charge on any atom is 0.227 e. The Labute approximate surface area is 166 Å². The van der Waals surface area contributed by atoms with Gasteiger partial charge in [-0.05, 0) is 70.5 Å². The third-order valence-corrected chi connectivity index (χ3v) is 5.63. The number of rotatable bonds is 6. The number of carbonyl (C=O) groups is 1. The Morgan fingerprint density at radius 2 is 1.93 bits per heavy atom. The van der Waals surface area contributed by atoms with Gasteiger partial charge < -0.3 is 10.2 Å². The van der Waals surface area contributed by atoms with Gasteiger partial charge in [0.25, 0.3) is 0 Å². The Kier molecular flexibility index (Phi) is 6.55. The smallest absolute Gasteiger partial charge is 0.227 e. The van der Waals surface area contributed by atoms with Crippen LogP contribution in [0.3, 0.4) is 0 Å². The van der Waals surface area contributed by atoms with E-state index in [4.69, 9.17) is 11.6 Å². The van der Waals surface area contributed by atoms with E-state index in [1.807, 2.05) is 42.8 Å². The van der Waals surface area contributed by atoms with Crippen molar-refractivity contribution in [3.8, 4) is 5.69 Å². The third kappa shape index (κ3) is 4.53. The van der Waals surface area contributed by atoms with Crippen LogP contribution in [-0.2, 0) is 11.2 Å². The number of carbonyl (C=O) groups excluding carboxylic acids is 1. The number of nitrogens with zero attached hydrogens (tertiary/aromatic N) is 3. The molecule has 1 aromatic heterocycles. The Balaban J connectivity index is 1.81. The number of nitrogens with one attached hydrogen (secondary N) is 1. The fraction of sp³-hybridized carbons (Fsp3) is 0.524. The standard InChI is InChI=1S/C21H29ClN4O/c1-4-13-25(18-9-11-23-12-10-18)21(27)14-20-15(2)24-26(16(20)3)19-7-5-17(22)6-8-19/h5-8,18,23H,4,9-14H2,1-3H3. The molecule has 0 spiro atoms. The van der Waals surface area contributed by atoms with Crippen LogP contribution in [0.5, 0.6) is 0 Å². The van der Waals surface area contributed by atoms with Crippen LogP contribution in [0.15, 0.2) is 24.3 Å². The van der Waals surface area contributed by atoms with Gasteiger partial charge in [-0.2, -0.15) is 5.10 Å². The lowest BCUT2D eigenvalue weighted by Crippen LogP contribution is -2.47. The molecule has 0 saturated carbocycles. The topological polar surface area (TPSA) is 50.2 Å². The molecule has 0 atom stereocenters. The summed E-state index contributed by atoms with van der Waals surface area (Å²) < 4.78 is 1.91. The van der Waals surface area contributed by atoms with Crippen molar-refractivity contribution in [1.29, 1.82) is 0 Å². The van der Waals surface area contributed by atoms with Crippen molar-refractivity contribution in [3.05, 3.63) is 46.2 Å². The fourth-order valence-electron chi connectivity index (χ4n) is 3.89. The molecule has 2 heterocycles. The summed E-state index contributed by atoms with van der Waals surface area (Å²) in [6.07, 6.45) is 3.47. The number of piperidine rings is 1. The molecule has 1 N–H and O–H groups in total. The number of hydrogen-bond donors (Lipinski definition) is 1. The third-order valence-electron chi connectivity index (χ3n) is 5.37. The maximum atomic E-state index is 13.1. The average Bonchev–Trinajstić information content (AvgIpc) is 2.95. The number of aryl methyl sites for hydroxylation is 1. The van der Waals surface area contributed by atoms with Crippen LogP contribution in [-0.4, -0.2) is 46.3 Å². The molecule has 6 heteroatoms. The number of hydrogen-bond acceptors (Lipinski definition) is 3. The predicted molar refractivity (Wildman–Crippen MR) is 110 cm³/mol. The highest BCUT2D eigenvalue weighted by Gasteiger charge is 2.26. The van der Waals surface area contributed by atoms with Crippen molar-refractivity contribution in [2.75, 3.05) is 19.6 Å². The second kappa shape index (κ2) is 8.89. The Bertz CT molecular complexity index is 778. The molecule has 0 radical (unpaired) electrons. The molecule has 5 nitrogen and oxygen atoms in total. The monoisotopic (exact) mass is 388 g/mol. The summed E-state index contributed by atoms with van der Waals surface area (Å²) in [5.41, 5.74) is 3.93. The summed E-state index contributed by atoms with van der Waals surface area (Å²) in [6.45, 7) is 8.96. The molecule has 1 aliphatic heterocycles. The summed E-state index contributed by atoms with van der Waals surface area (Å²) in [6, 6.07) is 7.97. The molecular formula is C21H29ClN4O. The molecule has 1 amide bonds. The average molecular weight is 389 g/mol. The predicted octanol–water partition coefficient (Wildman–Crippen LogP) is 3.68.